The van der Waals surface area contributed by atoms with Crippen molar-refractivity contribution in [1.29, 1.82) is 0 Å². The average molecular weight is 239 g/mol. The van der Waals surface area contributed by atoms with Gasteiger partial charge in [-0.3, -0.25) is 0 Å². The molecule has 0 radical (unpaired) electrons. The summed E-state index contributed by atoms with van der Waals surface area (Å²) < 4.78 is 44.6. The summed E-state index contributed by atoms with van der Waals surface area (Å²) in [6.45, 7) is -0.993. The molecular formula is C8H12F3N3O2. The topological polar surface area (TPSA) is 74.2 Å². The molecule has 0 aliphatic rings. The van der Waals surface area contributed by atoms with E-state index in [4.69, 9.17) is 10.2 Å². The normalized spacial score (nSPS) is 12.0. The summed E-state index contributed by atoms with van der Waals surface area (Å²) in [6.07, 6.45) is -3.69. The molecule has 0 fully saturated rings. The van der Waals surface area contributed by atoms with Gasteiger partial charge in [-0.2, -0.15) is 13.2 Å². The van der Waals surface area contributed by atoms with Crippen LogP contribution >= 0.6 is 0 Å². The molecule has 16 heavy (non-hydrogen) atoms. The molecule has 0 saturated heterocycles. The number of aromatic nitrogens is 2. The van der Waals surface area contributed by atoms with Crippen molar-refractivity contribution in [3.63, 3.8) is 0 Å². The summed E-state index contributed by atoms with van der Waals surface area (Å²) >= 11 is 0. The molecule has 1 aromatic heterocycles. The Bertz CT molecular complexity index is 314. The lowest BCUT2D eigenvalue weighted by molar-refractivity contribution is -0.173. The van der Waals surface area contributed by atoms with Crippen molar-refractivity contribution >= 4 is 0 Å². The molecule has 92 valence electrons. The second-order valence-electron chi connectivity index (χ2n) is 3.05. The SMILES string of the molecule is NCCc1nnc(CCOCC(F)(F)F)o1. The van der Waals surface area contributed by atoms with E-state index >= 15 is 0 Å². The maximum absolute atomic E-state index is 11.7. The van der Waals surface area contributed by atoms with Crippen molar-refractivity contribution < 1.29 is 22.3 Å². The van der Waals surface area contributed by atoms with Crippen LogP contribution in [0.4, 0.5) is 13.2 Å². The minimum atomic E-state index is -4.31. The van der Waals surface area contributed by atoms with Crippen molar-refractivity contribution in [2.45, 2.75) is 19.0 Å². The largest absolute Gasteiger partial charge is 0.425 e. The van der Waals surface area contributed by atoms with E-state index in [0.29, 0.717) is 18.9 Å². The van der Waals surface area contributed by atoms with Crippen LogP contribution in [0.3, 0.4) is 0 Å². The first-order chi connectivity index (χ1) is 7.51. The lowest BCUT2D eigenvalue weighted by Gasteiger charge is -2.05. The van der Waals surface area contributed by atoms with E-state index < -0.39 is 12.8 Å². The molecule has 0 unspecified atom stereocenters. The minimum absolute atomic E-state index is 0.107. The van der Waals surface area contributed by atoms with E-state index in [2.05, 4.69) is 14.9 Å². The van der Waals surface area contributed by atoms with Crippen molar-refractivity contribution in [3.05, 3.63) is 11.8 Å². The zero-order valence-corrected chi connectivity index (χ0v) is 8.46. The molecular weight excluding hydrogens is 227 g/mol. The van der Waals surface area contributed by atoms with E-state index in [0.717, 1.165) is 0 Å². The molecule has 1 aromatic rings. The Balaban J connectivity index is 2.21. The van der Waals surface area contributed by atoms with Crippen molar-refractivity contribution in [2.75, 3.05) is 19.8 Å². The number of ether oxygens (including phenoxy) is 1. The van der Waals surface area contributed by atoms with Crippen LogP contribution < -0.4 is 5.73 Å². The van der Waals surface area contributed by atoms with Gasteiger partial charge in [0.25, 0.3) is 0 Å². The Hall–Kier alpha value is -1.15. The Morgan fingerprint density at radius 1 is 1.19 bits per heavy atom. The Labute approximate surface area is 89.8 Å². The number of rotatable bonds is 6. The fourth-order valence-corrected chi connectivity index (χ4v) is 0.961. The zero-order chi connectivity index (χ0) is 12.0. The summed E-state index contributed by atoms with van der Waals surface area (Å²) in [5.74, 6) is 0.638. The number of hydrogen-bond donors (Lipinski definition) is 1. The number of nitrogens with two attached hydrogens (primary N) is 1. The molecule has 0 aromatic carbocycles. The van der Waals surface area contributed by atoms with Gasteiger partial charge in [-0.05, 0) is 0 Å². The zero-order valence-electron chi connectivity index (χ0n) is 8.46. The Kier molecular flexibility index (Phi) is 4.69. The van der Waals surface area contributed by atoms with Gasteiger partial charge >= 0.3 is 6.18 Å². The fourth-order valence-electron chi connectivity index (χ4n) is 0.961. The molecule has 1 heterocycles. The highest BCUT2D eigenvalue weighted by molar-refractivity contribution is 4.82. The van der Waals surface area contributed by atoms with Crippen molar-refractivity contribution in [1.82, 2.24) is 10.2 Å². The van der Waals surface area contributed by atoms with Gasteiger partial charge in [-0.15, -0.1) is 10.2 Å². The first-order valence-corrected chi connectivity index (χ1v) is 4.67. The monoisotopic (exact) mass is 239 g/mol. The number of alkyl halides is 3. The number of halogens is 3. The summed E-state index contributed by atoms with van der Waals surface area (Å²) in [7, 11) is 0. The van der Waals surface area contributed by atoms with Crippen LogP contribution in [-0.4, -0.2) is 36.1 Å². The molecule has 0 aliphatic heterocycles. The van der Waals surface area contributed by atoms with Crippen LogP contribution in [0.25, 0.3) is 0 Å². The van der Waals surface area contributed by atoms with Gasteiger partial charge in [0.1, 0.15) is 6.61 Å². The fraction of sp³-hybridized carbons (Fsp3) is 0.750. The highest BCUT2D eigenvalue weighted by atomic mass is 19.4. The minimum Gasteiger partial charge on any atom is -0.425 e. The molecule has 0 spiro atoms. The van der Waals surface area contributed by atoms with Crippen LogP contribution in [0.1, 0.15) is 11.8 Å². The summed E-state index contributed by atoms with van der Waals surface area (Å²) in [6, 6.07) is 0. The van der Waals surface area contributed by atoms with E-state index in [1.54, 1.807) is 0 Å². The van der Waals surface area contributed by atoms with E-state index in [1.807, 2.05) is 0 Å². The predicted molar refractivity (Wildman–Crippen MR) is 47.6 cm³/mol. The molecule has 1 rings (SSSR count). The molecule has 0 aliphatic carbocycles. The van der Waals surface area contributed by atoms with E-state index in [1.165, 1.54) is 0 Å². The van der Waals surface area contributed by atoms with Crippen molar-refractivity contribution in [3.8, 4) is 0 Å². The number of hydrogen-bond acceptors (Lipinski definition) is 5. The highest BCUT2D eigenvalue weighted by Gasteiger charge is 2.27. The Morgan fingerprint density at radius 2 is 1.81 bits per heavy atom. The molecule has 0 atom stereocenters. The van der Waals surface area contributed by atoms with E-state index in [-0.39, 0.29) is 18.9 Å². The van der Waals surface area contributed by atoms with Gasteiger partial charge in [0.15, 0.2) is 0 Å². The molecule has 5 nitrogen and oxygen atoms in total. The van der Waals surface area contributed by atoms with Gasteiger partial charge in [-0.25, -0.2) is 0 Å². The van der Waals surface area contributed by atoms with Crippen LogP contribution in [0.15, 0.2) is 4.42 Å². The first kappa shape index (κ1) is 12.9. The van der Waals surface area contributed by atoms with Crippen molar-refractivity contribution in [2.24, 2.45) is 5.73 Å². The third-order valence-corrected chi connectivity index (χ3v) is 1.59. The maximum atomic E-state index is 11.7. The van der Waals surface area contributed by atoms with E-state index in [9.17, 15) is 13.2 Å². The van der Waals surface area contributed by atoms with Gasteiger partial charge in [0, 0.05) is 19.4 Å². The molecule has 0 amide bonds. The summed E-state index contributed by atoms with van der Waals surface area (Å²) in [4.78, 5) is 0. The maximum Gasteiger partial charge on any atom is 0.411 e. The lowest BCUT2D eigenvalue weighted by Crippen LogP contribution is -2.18. The summed E-state index contributed by atoms with van der Waals surface area (Å²) in [5, 5.41) is 7.29. The molecule has 2 N–H and O–H groups in total. The second kappa shape index (κ2) is 5.80. The molecule has 0 bridgehead atoms. The summed E-state index contributed by atoms with van der Waals surface area (Å²) in [5.41, 5.74) is 5.26. The lowest BCUT2D eigenvalue weighted by atomic mass is 10.4. The van der Waals surface area contributed by atoms with Crippen LogP contribution in [-0.2, 0) is 17.6 Å². The number of nitrogens with zero attached hydrogens (tertiary/aromatic N) is 2. The quantitative estimate of drug-likeness (QED) is 0.739. The van der Waals surface area contributed by atoms with Crippen LogP contribution in [0.2, 0.25) is 0 Å². The van der Waals surface area contributed by atoms with Gasteiger partial charge in [0.05, 0.1) is 6.61 Å². The predicted octanol–water partition coefficient (Wildman–Crippen LogP) is 0.692. The third kappa shape index (κ3) is 5.08. The second-order valence-corrected chi connectivity index (χ2v) is 3.05. The molecule has 8 heteroatoms. The van der Waals surface area contributed by atoms with Gasteiger partial charge < -0.3 is 14.9 Å². The van der Waals surface area contributed by atoms with Crippen LogP contribution in [0.5, 0.6) is 0 Å². The van der Waals surface area contributed by atoms with Crippen LogP contribution in [0, 0.1) is 0 Å². The third-order valence-electron chi connectivity index (χ3n) is 1.59. The first-order valence-electron chi connectivity index (χ1n) is 4.67. The Morgan fingerprint density at radius 3 is 2.38 bits per heavy atom. The average Bonchev–Trinajstić information content (AvgIpc) is 2.60. The smallest absolute Gasteiger partial charge is 0.411 e. The van der Waals surface area contributed by atoms with Gasteiger partial charge in [-0.1, -0.05) is 0 Å². The molecule has 0 saturated carbocycles. The van der Waals surface area contributed by atoms with Gasteiger partial charge in [0.2, 0.25) is 11.8 Å². The highest BCUT2D eigenvalue weighted by Crippen LogP contribution is 2.14. The standard InChI is InChI=1S/C8H12F3N3O2/c9-8(10,11)5-15-4-2-7-14-13-6(16-7)1-3-12/h1-5,12H2.